The maximum atomic E-state index is 12.0. The molecule has 16 heavy (non-hydrogen) atoms. The number of hydrogen-bond acceptors (Lipinski definition) is 3. The molecular weight excluding hydrogens is 202 g/mol. The molecule has 0 atom stereocenters. The first-order valence-corrected chi connectivity index (χ1v) is 5.66. The summed E-state index contributed by atoms with van der Waals surface area (Å²) in [5, 5.41) is 3.24. The van der Waals surface area contributed by atoms with Gasteiger partial charge in [-0.1, -0.05) is 6.07 Å². The van der Waals surface area contributed by atoms with Crippen molar-refractivity contribution in [3.05, 3.63) is 29.6 Å². The molecule has 0 aliphatic carbocycles. The van der Waals surface area contributed by atoms with E-state index in [0.29, 0.717) is 6.42 Å². The number of pyridine rings is 1. The smallest absolute Gasteiger partial charge is 0.228 e. The van der Waals surface area contributed by atoms with Crippen molar-refractivity contribution in [1.29, 1.82) is 0 Å². The van der Waals surface area contributed by atoms with Gasteiger partial charge in [-0.2, -0.15) is 0 Å². The largest absolute Gasteiger partial charge is 0.340 e. The Balaban J connectivity index is 1.99. The van der Waals surface area contributed by atoms with E-state index >= 15 is 0 Å². The molecule has 1 aromatic rings. The lowest BCUT2D eigenvalue weighted by molar-refractivity contribution is -0.131. The van der Waals surface area contributed by atoms with Crippen molar-refractivity contribution in [1.82, 2.24) is 15.2 Å². The van der Waals surface area contributed by atoms with E-state index in [1.54, 1.807) is 6.20 Å². The molecule has 2 heterocycles. The quantitative estimate of drug-likeness (QED) is 0.781. The van der Waals surface area contributed by atoms with Crippen molar-refractivity contribution in [2.45, 2.75) is 13.3 Å². The Labute approximate surface area is 95.7 Å². The van der Waals surface area contributed by atoms with Gasteiger partial charge in [0.1, 0.15) is 0 Å². The second-order valence-corrected chi connectivity index (χ2v) is 4.07. The van der Waals surface area contributed by atoms with Gasteiger partial charge < -0.3 is 10.2 Å². The van der Waals surface area contributed by atoms with Gasteiger partial charge in [0.25, 0.3) is 0 Å². The molecule has 0 spiro atoms. The molecule has 0 unspecified atom stereocenters. The number of piperazine rings is 1. The van der Waals surface area contributed by atoms with Gasteiger partial charge >= 0.3 is 0 Å². The average Bonchev–Trinajstić information content (AvgIpc) is 2.33. The second-order valence-electron chi connectivity index (χ2n) is 4.07. The van der Waals surface area contributed by atoms with E-state index in [1.165, 1.54) is 0 Å². The summed E-state index contributed by atoms with van der Waals surface area (Å²) < 4.78 is 0. The maximum Gasteiger partial charge on any atom is 0.228 e. The van der Waals surface area contributed by atoms with Gasteiger partial charge in [-0.15, -0.1) is 0 Å². The number of rotatable bonds is 2. The molecule has 1 amide bonds. The van der Waals surface area contributed by atoms with Crippen molar-refractivity contribution in [2.24, 2.45) is 0 Å². The van der Waals surface area contributed by atoms with E-state index in [1.807, 2.05) is 24.0 Å². The van der Waals surface area contributed by atoms with Crippen LogP contribution in [0.25, 0.3) is 0 Å². The van der Waals surface area contributed by atoms with Gasteiger partial charge in [-0.25, -0.2) is 0 Å². The average molecular weight is 219 g/mol. The number of aromatic nitrogens is 1. The van der Waals surface area contributed by atoms with Gasteiger partial charge in [-0.3, -0.25) is 9.78 Å². The normalized spacial score (nSPS) is 16.2. The van der Waals surface area contributed by atoms with Gasteiger partial charge in [-0.05, 0) is 18.6 Å². The van der Waals surface area contributed by atoms with Crippen molar-refractivity contribution in [3.63, 3.8) is 0 Å². The lowest BCUT2D eigenvalue weighted by Gasteiger charge is -2.27. The summed E-state index contributed by atoms with van der Waals surface area (Å²) in [7, 11) is 0. The van der Waals surface area contributed by atoms with Gasteiger partial charge in [0.05, 0.1) is 12.1 Å². The second kappa shape index (κ2) is 5.07. The first kappa shape index (κ1) is 11.1. The summed E-state index contributed by atoms with van der Waals surface area (Å²) in [4.78, 5) is 18.1. The number of amides is 1. The Morgan fingerprint density at radius 1 is 1.50 bits per heavy atom. The predicted octanol–water partition coefficient (Wildman–Crippen LogP) is 0.364. The summed E-state index contributed by atoms with van der Waals surface area (Å²) in [6.45, 7) is 5.41. The molecule has 4 nitrogen and oxygen atoms in total. The van der Waals surface area contributed by atoms with Gasteiger partial charge in [0.15, 0.2) is 0 Å². The zero-order valence-electron chi connectivity index (χ0n) is 9.57. The molecule has 1 aliphatic heterocycles. The lowest BCUT2D eigenvalue weighted by Crippen LogP contribution is -2.47. The van der Waals surface area contributed by atoms with Crippen LogP contribution < -0.4 is 5.32 Å². The maximum absolute atomic E-state index is 12.0. The van der Waals surface area contributed by atoms with Crippen molar-refractivity contribution >= 4 is 5.91 Å². The SMILES string of the molecule is Cc1cccnc1CC(=O)N1CCNCC1. The fourth-order valence-electron chi connectivity index (χ4n) is 1.87. The summed E-state index contributed by atoms with van der Waals surface area (Å²) in [5.41, 5.74) is 1.98. The monoisotopic (exact) mass is 219 g/mol. The summed E-state index contributed by atoms with van der Waals surface area (Å²) >= 11 is 0. The Hall–Kier alpha value is -1.42. The minimum Gasteiger partial charge on any atom is -0.340 e. The predicted molar refractivity (Wildman–Crippen MR) is 62.1 cm³/mol. The summed E-state index contributed by atoms with van der Waals surface area (Å²) in [6.07, 6.45) is 2.17. The Bertz CT molecular complexity index is 372. The van der Waals surface area contributed by atoms with E-state index < -0.39 is 0 Å². The minimum absolute atomic E-state index is 0.184. The van der Waals surface area contributed by atoms with E-state index in [-0.39, 0.29) is 5.91 Å². The third-order valence-electron chi connectivity index (χ3n) is 2.91. The van der Waals surface area contributed by atoms with Crippen LogP contribution in [0.3, 0.4) is 0 Å². The van der Waals surface area contributed by atoms with Crippen LogP contribution in [0, 0.1) is 6.92 Å². The number of nitrogens with zero attached hydrogens (tertiary/aromatic N) is 2. The van der Waals surface area contributed by atoms with Crippen LogP contribution in [0.2, 0.25) is 0 Å². The van der Waals surface area contributed by atoms with Crippen LogP contribution in [0.4, 0.5) is 0 Å². The number of nitrogens with one attached hydrogen (secondary N) is 1. The van der Waals surface area contributed by atoms with E-state index in [0.717, 1.165) is 37.4 Å². The number of carbonyl (C=O) groups is 1. The molecule has 86 valence electrons. The molecular formula is C12H17N3O. The fourth-order valence-corrected chi connectivity index (χ4v) is 1.87. The standard InChI is InChI=1S/C12H17N3O/c1-10-3-2-4-14-11(10)9-12(16)15-7-5-13-6-8-15/h2-4,13H,5-9H2,1H3. The highest BCUT2D eigenvalue weighted by molar-refractivity contribution is 5.78. The zero-order valence-corrected chi connectivity index (χ0v) is 9.57. The van der Waals surface area contributed by atoms with Crippen LogP contribution in [0.5, 0.6) is 0 Å². The van der Waals surface area contributed by atoms with Crippen LogP contribution >= 0.6 is 0 Å². The highest BCUT2D eigenvalue weighted by Crippen LogP contribution is 2.06. The Morgan fingerprint density at radius 3 is 2.94 bits per heavy atom. The summed E-state index contributed by atoms with van der Waals surface area (Å²) in [6, 6.07) is 3.89. The zero-order chi connectivity index (χ0) is 11.4. The molecule has 1 saturated heterocycles. The number of aryl methyl sites for hydroxylation is 1. The minimum atomic E-state index is 0.184. The van der Waals surface area contributed by atoms with Crippen LogP contribution in [-0.4, -0.2) is 42.0 Å². The third kappa shape index (κ3) is 2.58. The molecule has 1 aromatic heterocycles. The first-order valence-electron chi connectivity index (χ1n) is 5.66. The molecule has 0 saturated carbocycles. The Kier molecular flexibility index (Phi) is 3.51. The van der Waals surface area contributed by atoms with Crippen LogP contribution in [0.15, 0.2) is 18.3 Å². The van der Waals surface area contributed by atoms with Crippen molar-refractivity contribution in [3.8, 4) is 0 Å². The van der Waals surface area contributed by atoms with Gasteiger partial charge in [0, 0.05) is 32.4 Å². The summed E-state index contributed by atoms with van der Waals surface area (Å²) in [5.74, 6) is 0.184. The molecule has 0 radical (unpaired) electrons. The van der Waals surface area contributed by atoms with Crippen molar-refractivity contribution < 1.29 is 4.79 Å². The van der Waals surface area contributed by atoms with E-state index in [4.69, 9.17) is 0 Å². The first-order chi connectivity index (χ1) is 7.77. The molecule has 1 aliphatic rings. The lowest BCUT2D eigenvalue weighted by atomic mass is 10.1. The topological polar surface area (TPSA) is 45.2 Å². The Morgan fingerprint density at radius 2 is 2.25 bits per heavy atom. The van der Waals surface area contributed by atoms with Crippen molar-refractivity contribution in [2.75, 3.05) is 26.2 Å². The molecule has 0 bridgehead atoms. The highest BCUT2D eigenvalue weighted by Gasteiger charge is 2.17. The number of hydrogen-bond donors (Lipinski definition) is 1. The van der Waals surface area contributed by atoms with E-state index in [9.17, 15) is 4.79 Å². The fraction of sp³-hybridized carbons (Fsp3) is 0.500. The molecule has 1 N–H and O–H groups in total. The van der Waals surface area contributed by atoms with Gasteiger partial charge in [0.2, 0.25) is 5.91 Å². The number of carbonyl (C=O) groups excluding carboxylic acids is 1. The molecule has 2 rings (SSSR count). The van der Waals surface area contributed by atoms with Crippen LogP contribution in [0.1, 0.15) is 11.3 Å². The molecule has 4 heteroatoms. The molecule has 0 aromatic carbocycles. The third-order valence-corrected chi connectivity index (χ3v) is 2.91. The van der Waals surface area contributed by atoms with Crippen LogP contribution in [-0.2, 0) is 11.2 Å². The highest BCUT2D eigenvalue weighted by atomic mass is 16.2. The van der Waals surface area contributed by atoms with E-state index in [2.05, 4.69) is 10.3 Å². The molecule has 1 fully saturated rings.